The Morgan fingerprint density at radius 1 is 1.18 bits per heavy atom. The number of rotatable bonds is 5. The van der Waals surface area contributed by atoms with Crippen molar-refractivity contribution in [3.8, 4) is 0 Å². The molecule has 0 atom stereocenters. The molecule has 0 spiro atoms. The fourth-order valence-corrected chi connectivity index (χ4v) is 2.13. The molecular weight excluding hydrogens is 325 g/mol. The summed E-state index contributed by atoms with van der Waals surface area (Å²) in [4.78, 5) is 16.5. The summed E-state index contributed by atoms with van der Waals surface area (Å²) in [7, 11) is 1.34. The Labute approximate surface area is 138 Å². The molecule has 6 heteroatoms. The smallest absolute Gasteiger partial charge is 0.337 e. The summed E-state index contributed by atoms with van der Waals surface area (Å²) < 4.78 is 4.62. The van der Waals surface area contributed by atoms with Crippen LogP contribution in [0.3, 0.4) is 0 Å². The Kier molecular flexibility index (Phi) is 5.81. The van der Waals surface area contributed by atoms with Gasteiger partial charge in [0.15, 0.2) is 0 Å². The SMILES string of the molecule is COC(=O)c1ccc(C=NOCc2ccc(Cl)cc2Cl)cc1. The minimum absolute atomic E-state index is 0.243. The van der Waals surface area contributed by atoms with E-state index in [0.29, 0.717) is 15.6 Å². The average Bonchev–Trinajstić information content (AvgIpc) is 2.53. The van der Waals surface area contributed by atoms with E-state index in [1.807, 2.05) is 0 Å². The van der Waals surface area contributed by atoms with Crippen LogP contribution in [-0.2, 0) is 16.2 Å². The quantitative estimate of drug-likeness (QED) is 0.463. The Balaban J connectivity index is 1.91. The minimum Gasteiger partial charge on any atom is -0.465 e. The first kappa shape index (κ1) is 16.3. The molecule has 2 rings (SSSR count). The van der Waals surface area contributed by atoms with Crippen molar-refractivity contribution < 1.29 is 14.4 Å². The molecule has 114 valence electrons. The monoisotopic (exact) mass is 337 g/mol. The van der Waals surface area contributed by atoms with Crippen molar-refractivity contribution in [3.05, 3.63) is 69.2 Å². The molecule has 0 amide bonds. The highest BCUT2D eigenvalue weighted by molar-refractivity contribution is 6.35. The molecule has 2 aromatic carbocycles. The zero-order valence-corrected chi connectivity index (χ0v) is 13.3. The summed E-state index contributed by atoms with van der Waals surface area (Å²) >= 11 is 11.8. The van der Waals surface area contributed by atoms with Crippen LogP contribution >= 0.6 is 23.2 Å². The predicted octanol–water partition coefficient (Wildman–Crippen LogP) is 4.33. The van der Waals surface area contributed by atoms with Gasteiger partial charge >= 0.3 is 5.97 Å². The van der Waals surface area contributed by atoms with Crippen LogP contribution in [0.4, 0.5) is 0 Å². The van der Waals surface area contributed by atoms with Gasteiger partial charge in [-0.05, 0) is 29.8 Å². The van der Waals surface area contributed by atoms with Crippen molar-refractivity contribution in [1.29, 1.82) is 0 Å². The molecule has 0 fully saturated rings. The lowest BCUT2D eigenvalue weighted by Crippen LogP contribution is -2.00. The molecule has 0 aromatic heterocycles. The number of carbonyl (C=O) groups is 1. The van der Waals surface area contributed by atoms with Crippen LogP contribution in [0.25, 0.3) is 0 Å². The number of carbonyl (C=O) groups excluding carboxylic acids is 1. The number of oxime groups is 1. The number of halogens is 2. The number of hydrogen-bond acceptors (Lipinski definition) is 4. The highest BCUT2D eigenvalue weighted by Crippen LogP contribution is 2.21. The summed E-state index contributed by atoms with van der Waals surface area (Å²) in [6, 6.07) is 12.0. The van der Waals surface area contributed by atoms with Crippen LogP contribution in [0.15, 0.2) is 47.6 Å². The van der Waals surface area contributed by atoms with Gasteiger partial charge < -0.3 is 9.57 Å². The van der Waals surface area contributed by atoms with E-state index in [1.165, 1.54) is 7.11 Å². The summed E-state index contributed by atoms with van der Waals surface area (Å²) in [6.07, 6.45) is 1.55. The van der Waals surface area contributed by atoms with Crippen molar-refractivity contribution in [3.63, 3.8) is 0 Å². The third kappa shape index (κ3) is 4.48. The molecule has 0 bridgehead atoms. The van der Waals surface area contributed by atoms with E-state index in [9.17, 15) is 4.79 Å². The van der Waals surface area contributed by atoms with Gasteiger partial charge in [-0.2, -0.15) is 0 Å². The van der Waals surface area contributed by atoms with Crippen LogP contribution in [0.1, 0.15) is 21.5 Å². The largest absolute Gasteiger partial charge is 0.465 e. The molecule has 0 aliphatic rings. The topological polar surface area (TPSA) is 47.9 Å². The van der Waals surface area contributed by atoms with Crippen LogP contribution in [0.2, 0.25) is 10.0 Å². The van der Waals surface area contributed by atoms with E-state index >= 15 is 0 Å². The fourth-order valence-electron chi connectivity index (χ4n) is 1.67. The molecule has 0 saturated carbocycles. The number of benzene rings is 2. The first-order chi connectivity index (χ1) is 10.6. The zero-order valence-electron chi connectivity index (χ0n) is 11.8. The van der Waals surface area contributed by atoms with E-state index in [-0.39, 0.29) is 12.6 Å². The molecule has 0 heterocycles. The lowest BCUT2D eigenvalue weighted by molar-refractivity contribution is 0.0601. The maximum Gasteiger partial charge on any atom is 0.337 e. The van der Waals surface area contributed by atoms with Gasteiger partial charge in [0.25, 0.3) is 0 Å². The molecule has 22 heavy (non-hydrogen) atoms. The highest BCUT2D eigenvalue weighted by Gasteiger charge is 2.03. The number of nitrogens with zero attached hydrogens (tertiary/aromatic N) is 1. The Hall–Kier alpha value is -2.04. The van der Waals surface area contributed by atoms with Crippen molar-refractivity contribution in [1.82, 2.24) is 0 Å². The Morgan fingerprint density at radius 3 is 2.55 bits per heavy atom. The van der Waals surface area contributed by atoms with Gasteiger partial charge in [0, 0.05) is 15.6 Å². The second-order valence-corrected chi connectivity index (χ2v) is 5.20. The molecule has 0 N–H and O–H groups in total. The molecule has 0 radical (unpaired) electrons. The minimum atomic E-state index is -0.378. The highest BCUT2D eigenvalue weighted by atomic mass is 35.5. The molecule has 0 aliphatic heterocycles. The predicted molar refractivity (Wildman–Crippen MR) is 86.6 cm³/mol. The molecule has 0 saturated heterocycles. The van der Waals surface area contributed by atoms with Crippen molar-refractivity contribution in [2.24, 2.45) is 5.16 Å². The standard InChI is InChI=1S/C16H13Cl2NO3/c1-21-16(20)12-4-2-11(3-5-12)9-19-22-10-13-6-7-14(17)8-15(13)18/h2-9H,10H2,1H3. The van der Waals surface area contributed by atoms with E-state index in [1.54, 1.807) is 48.7 Å². The van der Waals surface area contributed by atoms with E-state index in [0.717, 1.165) is 11.1 Å². The maximum atomic E-state index is 11.3. The normalized spacial score (nSPS) is 10.7. The zero-order chi connectivity index (χ0) is 15.9. The molecule has 0 aliphatic carbocycles. The van der Waals surface area contributed by atoms with Crippen LogP contribution < -0.4 is 0 Å². The van der Waals surface area contributed by atoms with Gasteiger partial charge in [-0.15, -0.1) is 0 Å². The summed E-state index contributed by atoms with van der Waals surface area (Å²) in [5.41, 5.74) is 2.08. The van der Waals surface area contributed by atoms with Gasteiger partial charge in [-0.25, -0.2) is 4.79 Å². The number of methoxy groups -OCH3 is 1. The molecular formula is C16H13Cl2NO3. The summed E-state index contributed by atoms with van der Waals surface area (Å²) in [6.45, 7) is 0.243. The average molecular weight is 338 g/mol. The Morgan fingerprint density at radius 2 is 1.91 bits per heavy atom. The van der Waals surface area contributed by atoms with Crippen molar-refractivity contribution >= 4 is 35.4 Å². The molecule has 0 unspecified atom stereocenters. The first-order valence-corrected chi connectivity index (χ1v) is 7.13. The number of ether oxygens (including phenoxy) is 1. The number of hydrogen-bond donors (Lipinski definition) is 0. The van der Waals surface area contributed by atoms with Gasteiger partial charge in [0.2, 0.25) is 0 Å². The summed E-state index contributed by atoms with van der Waals surface area (Å²) in [5.74, 6) is -0.378. The Bertz CT molecular complexity index is 684. The lowest BCUT2D eigenvalue weighted by atomic mass is 10.1. The van der Waals surface area contributed by atoms with Crippen molar-refractivity contribution in [2.75, 3.05) is 7.11 Å². The molecule has 4 nitrogen and oxygen atoms in total. The lowest BCUT2D eigenvalue weighted by Gasteiger charge is -2.03. The molecule has 2 aromatic rings. The van der Waals surface area contributed by atoms with Crippen LogP contribution in [-0.4, -0.2) is 19.3 Å². The van der Waals surface area contributed by atoms with Gasteiger partial charge in [-0.1, -0.05) is 46.6 Å². The van der Waals surface area contributed by atoms with E-state index in [4.69, 9.17) is 28.0 Å². The summed E-state index contributed by atoms with van der Waals surface area (Å²) in [5, 5.41) is 4.97. The third-order valence-electron chi connectivity index (χ3n) is 2.84. The second kappa shape index (κ2) is 7.82. The van der Waals surface area contributed by atoms with Crippen molar-refractivity contribution in [2.45, 2.75) is 6.61 Å². The third-order valence-corrected chi connectivity index (χ3v) is 3.43. The van der Waals surface area contributed by atoms with Crippen LogP contribution in [0, 0.1) is 0 Å². The van der Waals surface area contributed by atoms with Gasteiger partial charge in [-0.3, -0.25) is 0 Å². The van der Waals surface area contributed by atoms with E-state index in [2.05, 4.69) is 9.89 Å². The van der Waals surface area contributed by atoms with Crippen LogP contribution in [0.5, 0.6) is 0 Å². The fraction of sp³-hybridized carbons (Fsp3) is 0.125. The first-order valence-electron chi connectivity index (χ1n) is 6.38. The second-order valence-electron chi connectivity index (χ2n) is 4.36. The van der Waals surface area contributed by atoms with Gasteiger partial charge in [0.1, 0.15) is 6.61 Å². The van der Waals surface area contributed by atoms with Gasteiger partial charge in [0.05, 0.1) is 18.9 Å². The maximum absolute atomic E-state index is 11.3. The van der Waals surface area contributed by atoms with E-state index < -0.39 is 0 Å². The number of esters is 1.